The smallest absolute Gasteiger partial charge is 0.330 e. The minimum Gasteiger partial charge on any atom is -0.330 e. The maximum Gasteiger partial charge on any atom is 0.338 e. The molecule has 3 aliphatic rings. The first-order valence-electron chi connectivity index (χ1n) is 11.1. The van der Waals surface area contributed by atoms with Crippen LogP contribution in [0.25, 0.3) is 10.4 Å². The number of hydrogen-bond acceptors (Lipinski definition) is 5. The van der Waals surface area contributed by atoms with E-state index in [0.717, 1.165) is 34.2 Å². The van der Waals surface area contributed by atoms with E-state index in [9.17, 15) is 14.4 Å². The van der Waals surface area contributed by atoms with E-state index in [-0.39, 0.29) is 24.7 Å². The third kappa shape index (κ3) is 6.18. The van der Waals surface area contributed by atoms with E-state index in [1.54, 1.807) is 23.5 Å². The highest BCUT2D eigenvalue weighted by molar-refractivity contribution is 7.13. The largest absolute Gasteiger partial charge is 0.338 e. The molecule has 0 unspecified atom stereocenters. The summed E-state index contributed by atoms with van der Waals surface area (Å²) in [5, 5.41) is 2.00. The van der Waals surface area contributed by atoms with Crippen molar-refractivity contribution in [2.75, 3.05) is 18.0 Å². The Morgan fingerprint density at radius 2 is 1.56 bits per heavy atom. The number of hydrogen-bond donors (Lipinski definition) is 1. The highest BCUT2D eigenvalue weighted by atomic mass is 35.5. The Kier molecular flexibility index (Phi) is 8.45. The van der Waals surface area contributed by atoms with Crippen molar-refractivity contribution >= 4 is 47.3 Å². The molecule has 2 saturated carbocycles. The normalized spacial score (nSPS) is 18.2. The second-order valence-corrected chi connectivity index (χ2v) is 9.46. The first-order valence-corrected chi connectivity index (χ1v) is 12.0. The lowest BCUT2D eigenvalue weighted by Gasteiger charge is -2.32. The van der Waals surface area contributed by atoms with Crippen molar-refractivity contribution in [1.29, 1.82) is 0 Å². The van der Waals surface area contributed by atoms with E-state index in [0.29, 0.717) is 18.2 Å². The van der Waals surface area contributed by atoms with Gasteiger partial charge in [-0.25, -0.2) is 9.69 Å². The maximum atomic E-state index is 12.7. The quantitative estimate of drug-likeness (QED) is 0.567. The van der Waals surface area contributed by atoms with Gasteiger partial charge in [0.25, 0.3) is 0 Å². The lowest BCUT2D eigenvalue weighted by atomic mass is 10.1. The predicted molar refractivity (Wildman–Crippen MR) is 130 cm³/mol. The number of amides is 4. The SMILES string of the molecule is Cl.NCCC1CC1.O=C1CC(=O)N(c2ccc(-c3cccs3)cc2)C(=O)N1CCC1CC1. The lowest BCUT2D eigenvalue weighted by Crippen LogP contribution is -2.55. The van der Waals surface area contributed by atoms with Crippen molar-refractivity contribution in [3.8, 4) is 10.4 Å². The van der Waals surface area contributed by atoms with Crippen LogP contribution in [0.4, 0.5) is 10.5 Å². The van der Waals surface area contributed by atoms with Crippen molar-refractivity contribution < 1.29 is 14.4 Å². The second kappa shape index (κ2) is 11.1. The molecule has 4 amide bonds. The summed E-state index contributed by atoms with van der Waals surface area (Å²) in [6.45, 7) is 1.30. The summed E-state index contributed by atoms with van der Waals surface area (Å²) in [4.78, 5) is 40.6. The summed E-state index contributed by atoms with van der Waals surface area (Å²) in [5.74, 6) is 0.801. The van der Waals surface area contributed by atoms with Crippen LogP contribution in [0.5, 0.6) is 0 Å². The first kappa shape index (κ1) is 24.4. The molecule has 0 bridgehead atoms. The molecule has 2 N–H and O–H groups in total. The summed E-state index contributed by atoms with van der Waals surface area (Å²) >= 11 is 1.63. The summed E-state index contributed by atoms with van der Waals surface area (Å²) in [6.07, 6.45) is 7.07. The first-order chi connectivity index (χ1) is 15.1. The van der Waals surface area contributed by atoms with Crippen LogP contribution in [-0.2, 0) is 9.59 Å². The molecule has 5 rings (SSSR count). The van der Waals surface area contributed by atoms with E-state index in [1.807, 2.05) is 29.6 Å². The fourth-order valence-corrected chi connectivity index (χ4v) is 4.42. The van der Waals surface area contributed by atoms with Gasteiger partial charge in [-0.2, -0.15) is 0 Å². The molecule has 1 saturated heterocycles. The van der Waals surface area contributed by atoms with Crippen LogP contribution in [-0.4, -0.2) is 35.8 Å². The average Bonchev–Trinajstić information content (AvgIpc) is 3.69. The number of halogens is 1. The van der Waals surface area contributed by atoms with E-state index in [2.05, 4.69) is 0 Å². The third-order valence-corrected chi connectivity index (χ3v) is 6.85. The number of carbonyl (C=O) groups excluding carboxylic acids is 3. The molecule has 172 valence electrons. The van der Waals surface area contributed by atoms with Crippen molar-refractivity contribution in [1.82, 2.24) is 4.90 Å². The Hall–Kier alpha value is -2.22. The average molecular weight is 476 g/mol. The molecule has 2 aromatic rings. The number of imide groups is 2. The van der Waals surface area contributed by atoms with Gasteiger partial charge in [0, 0.05) is 11.4 Å². The molecule has 1 aromatic carbocycles. The molecule has 32 heavy (non-hydrogen) atoms. The molecule has 0 spiro atoms. The number of urea groups is 1. The molecular formula is C24H30ClN3O3S. The van der Waals surface area contributed by atoms with Crippen molar-refractivity contribution in [2.24, 2.45) is 17.6 Å². The summed E-state index contributed by atoms with van der Waals surface area (Å²) in [5.41, 5.74) is 6.82. The number of nitrogens with two attached hydrogens (primary N) is 1. The van der Waals surface area contributed by atoms with Crippen LogP contribution in [0, 0.1) is 11.8 Å². The number of anilines is 1. The summed E-state index contributed by atoms with van der Waals surface area (Å²) in [6, 6.07) is 10.8. The zero-order chi connectivity index (χ0) is 21.8. The van der Waals surface area contributed by atoms with Crippen LogP contribution in [0.3, 0.4) is 0 Å². The lowest BCUT2D eigenvalue weighted by molar-refractivity contribution is -0.134. The molecule has 1 aliphatic heterocycles. The van der Waals surface area contributed by atoms with Crippen molar-refractivity contribution in [2.45, 2.75) is 44.9 Å². The van der Waals surface area contributed by atoms with Crippen LogP contribution in [0.1, 0.15) is 44.9 Å². The standard InChI is InChI=1S/C19H18N2O3S.C5H11N.ClH/c22-17-12-18(23)21(19(24)20(17)10-9-13-3-4-13)15-7-5-14(6-8-15)16-2-1-11-25-16;6-4-3-5-1-2-5;/h1-2,5-8,11,13H,3-4,9-10,12H2;5H,1-4,6H2;1H. The van der Waals surface area contributed by atoms with Gasteiger partial charge in [0.15, 0.2) is 0 Å². The maximum absolute atomic E-state index is 12.7. The highest BCUT2D eigenvalue weighted by Gasteiger charge is 2.39. The van der Waals surface area contributed by atoms with Crippen molar-refractivity contribution in [3.05, 3.63) is 41.8 Å². The summed E-state index contributed by atoms with van der Waals surface area (Å²) < 4.78 is 0. The number of benzene rings is 1. The van der Waals surface area contributed by atoms with Gasteiger partial charge in [-0.1, -0.05) is 43.9 Å². The van der Waals surface area contributed by atoms with Gasteiger partial charge in [-0.15, -0.1) is 23.7 Å². The molecule has 8 heteroatoms. The van der Waals surface area contributed by atoms with Gasteiger partial charge in [0.2, 0.25) is 11.8 Å². The third-order valence-electron chi connectivity index (χ3n) is 5.94. The molecular weight excluding hydrogens is 446 g/mol. The topological polar surface area (TPSA) is 83.7 Å². The minimum atomic E-state index is -0.522. The molecule has 0 radical (unpaired) electrons. The monoisotopic (exact) mass is 475 g/mol. The molecule has 2 aliphatic carbocycles. The van der Waals surface area contributed by atoms with E-state index < -0.39 is 11.9 Å². The van der Waals surface area contributed by atoms with E-state index >= 15 is 0 Å². The number of carbonyl (C=O) groups is 3. The van der Waals surface area contributed by atoms with Crippen LogP contribution in [0.15, 0.2) is 41.8 Å². The number of nitrogens with zero attached hydrogens (tertiary/aromatic N) is 2. The van der Waals surface area contributed by atoms with Gasteiger partial charge in [0.05, 0.1) is 5.69 Å². The van der Waals surface area contributed by atoms with Crippen molar-refractivity contribution in [3.63, 3.8) is 0 Å². The Balaban J connectivity index is 0.000000360. The zero-order valence-corrected chi connectivity index (χ0v) is 19.7. The van der Waals surface area contributed by atoms with Gasteiger partial charge in [-0.05, 0) is 60.4 Å². The van der Waals surface area contributed by atoms with E-state index in [1.165, 1.54) is 37.0 Å². The Morgan fingerprint density at radius 1 is 0.906 bits per heavy atom. The van der Waals surface area contributed by atoms with Gasteiger partial charge >= 0.3 is 6.03 Å². The predicted octanol–water partition coefficient (Wildman–Crippen LogP) is 5.07. The molecule has 1 aromatic heterocycles. The Morgan fingerprint density at radius 3 is 2.09 bits per heavy atom. The number of thiophene rings is 1. The number of barbiturate groups is 1. The van der Waals surface area contributed by atoms with E-state index in [4.69, 9.17) is 5.73 Å². The fourth-order valence-electron chi connectivity index (χ4n) is 3.69. The fraction of sp³-hybridized carbons (Fsp3) is 0.458. The zero-order valence-electron chi connectivity index (χ0n) is 18.1. The van der Waals surface area contributed by atoms with Gasteiger partial charge in [-0.3, -0.25) is 14.5 Å². The van der Waals surface area contributed by atoms with Gasteiger partial charge in [0.1, 0.15) is 6.42 Å². The summed E-state index contributed by atoms with van der Waals surface area (Å²) in [7, 11) is 0. The second-order valence-electron chi connectivity index (χ2n) is 8.51. The molecule has 0 atom stereocenters. The number of rotatable bonds is 7. The Labute approximate surface area is 199 Å². The van der Waals surface area contributed by atoms with Crippen LogP contribution in [0.2, 0.25) is 0 Å². The Bertz CT molecular complexity index is 924. The van der Waals surface area contributed by atoms with Crippen LogP contribution < -0.4 is 10.6 Å². The minimum absolute atomic E-state index is 0. The molecule has 2 heterocycles. The van der Waals surface area contributed by atoms with Crippen LogP contribution >= 0.6 is 23.7 Å². The van der Waals surface area contributed by atoms with Gasteiger partial charge < -0.3 is 5.73 Å². The molecule has 6 nitrogen and oxygen atoms in total. The molecule has 3 fully saturated rings. The highest BCUT2D eigenvalue weighted by Crippen LogP contribution is 2.33.